The van der Waals surface area contributed by atoms with Gasteiger partial charge in [-0.1, -0.05) is 30.3 Å². The van der Waals surface area contributed by atoms with E-state index in [0.29, 0.717) is 17.2 Å². The molecule has 0 saturated heterocycles. The smallest absolute Gasteiger partial charge is 0.223 e. The first-order chi connectivity index (χ1) is 14.6. The largest absolute Gasteiger partial charge is 0.348 e. The van der Waals surface area contributed by atoms with E-state index >= 15 is 0 Å². The summed E-state index contributed by atoms with van der Waals surface area (Å²) in [4.78, 5) is 13.6. The van der Waals surface area contributed by atoms with Crippen molar-refractivity contribution in [3.05, 3.63) is 77.2 Å². The van der Waals surface area contributed by atoms with Gasteiger partial charge < -0.3 is 10.6 Å². The molecule has 0 radical (unpaired) electrons. The van der Waals surface area contributed by atoms with Crippen molar-refractivity contribution in [1.82, 2.24) is 24.7 Å². The number of rotatable bonds is 6. The number of aryl methyl sites for hydroxylation is 1. The molecule has 0 bridgehead atoms. The van der Waals surface area contributed by atoms with E-state index in [0.717, 1.165) is 29.0 Å². The highest BCUT2D eigenvalue weighted by Crippen LogP contribution is 2.26. The Kier molecular flexibility index (Phi) is 5.42. The number of nitriles is 1. The molecule has 2 N–H and O–H groups in total. The van der Waals surface area contributed by atoms with E-state index in [4.69, 9.17) is 0 Å². The van der Waals surface area contributed by atoms with E-state index in [1.165, 1.54) is 5.56 Å². The van der Waals surface area contributed by atoms with Crippen molar-refractivity contribution in [2.24, 2.45) is 0 Å². The van der Waals surface area contributed by atoms with Crippen molar-refractivity contribution in [2.45, 2.75) is 26.4 Å². The van der Waals surface area contributed by atoms with Crippen molar-refractivity contribution in [3.8, 4) is 17.5 Å². The fourth-order valence-corrected chi connectivity index (χ4v) is 3.53. The third-order valence-electron chi connectivity index (χ3n) is 5.20. The van der Waals surface area contributed by atoms with Gasteiger partial charge in [-0.3, -0.25) is 4.40 Å². The molecule has 7 heteroatoms. The molecular formula is C23H23N7. The number of hydrogen-bond acceptors (Lipinski definition) is 6. The Balaban J connectivity index is 1.74. The first-order valence-electron chi connectivity index (χ1n) is 9.81. The Morgan fingerprint density at radius 1 is 1.13 bits per heavy atom. The van der Waals surface area contributed by atoms with Gasteiger partial charge in [0, 0.05) is 12.7 Å². The molecule has 0 spiro atoms. The topological polar surface area (TPSA) is 90.9 Å². The highest BCUT2D eigenvalue weighted by atomic mass is 15.1. The lowest BCUT2D eigenvalue weighted by molar-refractivity contribution is 0.810. The van der Waals surface area contributed by atoms with Crippen LogP contribution in [0.2, 0.25) is 0 Å². The molecule has 0 aliphatic rings. The molecule has 4 rings (SSSR count). The van der Waals surface area contributed by atoms with Gasteiger partial charge in [0.2, 0.25) is 5.95 Å². The molecule has 0 saturated carbocycles. The Bertz CT molecular complexity index is 1220. The summed E-state index contributed by atoms with van der Waals surface area (Å²) < 4.78 is 1.97. The SMILES string of the molecule is CNCc1ccn2c(-c3nc(N[C@@H](C)c4ccccc4)ncc3C#N)cnc2c1C. The van der Waals surface area contributed by atoms with E-state index in [2.05, 4.69) is 63.7 Å². The normalized spacial score (nSPS) is 11.9. The molecule has 7 nitrogen and oxygen atoms in total. The van der Waals surface area contributed by atoms with Gasteiger partial charge in [-0.25, -0.2) is 15.0 Å². The van der Waals surface area contributed by atoms with Crippen LogP contribution >= 0.6 is 0 Å². The quantitative estimate of drug-likeness (QED) is 0.513. The molecule has 0 fully saturated rings. The summed E-state index contributed by atoms with van der Waals surface area (Å²) in [6.45, 7) is 4.88. The summed E-state index contributed by atoms with van der Waals surface area (Å²) in [6.07, 6.45) is 5.30. The molecule has 1 aromatic carbocycles. The van der Waals surface area contributed by atoms with E-state index in [1.54, 1.807) is 12.4 Å². The second-order valence-electron chi connectivity index (χ2n) is 7.18. The highest BCUT2D eigenvalue weighted by molar-refractivity contribution is 5.68. The maximum atomic E-state index is 9.62. The van der Waals surface area contributed by atoms with Crippen molar-refractivity contribution in [1.29, 1.82) is 5.26 Å². The zero-order valence-corrected chi connectivity index (χ0v) is 17.2. The minimum absolute atomic E-state index is 0.0283. The average Bonchev–Trinajstić information content (AvgIpc) is 3.21. The molecule has 3 aromatic heterocycles. The van der Waals surface area contributed by atoms with E-state index in [1.807, 2.05) is 35.8 Å². The van der Waals surface area contributed by atoms with E-state index in [-0.39, 0.29) is 6.04 Å². The van der Waals surface area contributed by atoms with Crippen molar-refractivity contribution in [2.75, 3.05) is 12.4 Å². The maximum absolute atomic E-state index is 9.62. The number of aromatic nitrogens is 4. The van der Waals surface area contributed by atoms with Crippen LogP contribution in [0.4, 0.5) is 5.95 Å². The molecule has 0 amide bonds. The first kappa shape index (κ1) is 19.6. The number of imidazole rings is 1. The van der Waals surface area contributed by atoms with Crippen LogP contribution in [-0.4, -0.2) is 26.4 Å². The van der Waals surface area contributed by atoms with Gasteiger partial charge in [0.25, 0.3) is 0 Å². The lowest BCUT2D eigenvalue weighted by atomic mass is 10.1. The standard InChI is InChI=1S/C23H23N7/c1-15-18(12-25-3)9-10-30-20(14-26-22(15)30)21-19(11-24)13-27-23(29-21)28-16(2)17-7-5-4-6-8-17/h4-10,13-14,16,25H,12H2,1-3H3,(H,27,28,29)/t16-/m0/s1. The molecule has 150 valence electrons. The molecule has 0 unspecified atom stereocenters. The number of fused-ring (bicyclic) bond motifs is 1. The van der Waals surface area contributed by atoms with Gasteiger partial charge in [-0.05, 0) is 43.7 Å². The molecule has 30 heavy (non-hydrogen) atoms. The number of anilines is 1. The van der Waals surface area contributed by atoms with Crippen LogP contribution in [0, 0.1) is 18.3 Å². The second kappa shape index (κ2) is 8.31. The van der Waals surface area contributed by atoms with Crippen LogP contribution in [0.3, 0.4) is 0 Å². The summed E-state index contributed by atoms with van der Waals surface area (Å²) in [7, 11) is 1.92. The Morgan fingerprint density at radius 2 is 1.93 bits per heavy atom. The summed E-state index contributed by atoms with van der Waals surface area (Å²) in [5, 5.41) is 16.1. The molecule has 1 atom stereocenters. The number of pyridine rings is 1. The van der Waals surface area contributed by atoms with Crippen molar-refractivity contribution < 1.29 is 0 Å². The van der Waals surface area contributed by atoms with Crippen LogP contribution in [0.1, 0.15) is 35.2 Å². The summed E-state index contributed by atoms with van der Waals surface area (Å²) in [5.41, 5.74) is 6.00. The number of hydrogen-bond donors (Lipinski definition) is 2. The second-order valence-corrected chi connectivity index (χ2v) is 7.18. The predicted octanol–water partition coefficient (Wildman–Crippen LogP) is 3.86. The fourth-order valence-electron chi connectivity index (χ4n) is 3.53. The first-order valence-corrected chi connectivity index (χ1v) is 9.81. The number of nitrogens with one attached hydrogen (secondary N) is 2. The van der Waals surface area contributed by atoms with Crippen LogP contribution in [-0.2, 0) is 6.54 Å². The average molecular weight is 397 g/mol. The summed E-state index contributed by atoms with van der Waals surface area (Å²) in [5.74, 6) is 0.471. The van der Waals surface area contributed by atoms with Crippen molar-refractivity contribution >= 4 is 11.6 Å². The number of benzene rings is 1. The Labute approximate surface area is 175 Å². The van der Waals surface area contributed by atoms with Gasteiger partial charge in [0.1, 0.15) is 17.4 Å². The van der Waals surface area contributed by atoms with Crippen LogP contribution in [0.25, 0.3) is 17.0 Å². The van der Waals surface area contributed by atoms with Crippen LogP contribution in [0.5, 0.6) is 0 Å². The van der Waals surface area contributed by atoms with Gasteiger partial charge >= 0.3 is 0 Å². The van der Waals surface area contributed by atoms with Gasteiger partial charge in [0.05, 0.1) is 29.7 Å². The monoisotopic (exact) mass is 397 g/mol. The summed E-state index contributed by atoms with van der Waals surface area (Å²) in [6, 6.07) is 14.4. The zero-order valence-electron chi connectivity index (χ0n) is 17.2. The van der Waals surface area contributed by atoms with Gasteiger partial charge in [-0.2, -0.15) is 5.26 Å². The third kappa shape index (κ3) is 3.61. The molecule has 0 aliphatic carbocycles. The lowest BCUT2D eigenvalue weighted by Crippen LogP contribution is -2.10. The minimum atomic E-state index is 0.0283. The van der Waals surface area contributed by atoms with Gasteiger partial charge in [-0.15, -0.1) is 0 Å². The molecule has 4 aromatic rings. The van der Waals surface area contributed by atoms with Crippen molar-refractivity contribution in [3.63, 3.8) is 0 Å². The third-order valence-corrected chi connectivity index (χ3v) is 5.20. The number of nitrogens with zero attached hydrogens (tertiary/aromatic N) is 5. The predicted molar refractivity (Wildman–Crippen MR) is 117 cm³/mol. The minimum Gasteiger partial charge on any atom is -0.348 e. The highest BCUT2D eigenvalue weighted by Gasteiger charge is 2.17. The van der Waals surface area contributed by atoms with E-state index in [9.17, 15) is 5.26 Å². The van der Waals surface area contributed by atoms with Gasteiger partial charge in [0.15, 0.2) is 0 Å². The Morgan fingerprint density at radius 3 is 2.67 bits per heavy atom. The molecule has 0 aliphatic heterocycles. The van der Waals surface area contributed by atoms with Crippen LogP contribution in [0.15, 0.2) is 55.0 Å². The fraction of sp³-hybridized carbons (Fsp3) is 0.217. The zero-order chi connectivity index (χ0) is 21.1. The Hall–Kier alpha value is -3.76. The van der Waals surface area contributed by atoms with Crippen LogP contribution < -0.4 is 10.6 Å². The summed E-state index contributed by atoms with van der Waals surface area (Å²) >= 11 is 0. The molecular weight excluding hydrogens is 374 g/mol. The van der Waals surface area contributed by atoms with E-state index < -0.39 is 0 Å². The maximum Gasteiger partial charge on any atom is 0.223 e. The lowest BCUT2D eigenvalue weighted by Gasteiger charge is -2.15. The molecule has 3 heterocycles.